The van der Waals surface area contributed by atoms with Crippen LogP contribution in [0.5, 0.6) is 0 Å². The van der Waals surface area contributed by atoms with Gasteiger partial charge < -0.3 is 15.4 Å². The van der Waals surface area contributed by atoms with E-state index in [2.05, 4.69) is 15.4 Å². The molecule has 0 aromatic heterocycles. The lowest BCUT2D eigenvalue weighted by Gasteiger charge is -2.27. The molecule has 0 aliphatic rings. The Balaban J connectivity index is 1.94. The van der Waals surface area contributed by atoms with Gasteiger partial charge in [0.2, 0.25) is 0 Å². The quantitative estimate of drug-likeness (QED) is 0.692. The van der Waals surface area contributed by atoms with Crippen LogP contribution in [0.4, 0.5) is 14.9 Å². The van der Waals surface area contributed by atoms with Gasteiger partial charge in [0, 0.05) is 11.4 Å². The summed E-state index contributed by atoms with van der Waals surface area (Å²) in [6.45, 7) is 3.69. The molecule has 27 heavy (non-hydrogen) atoms. The lowest BCUT2D eigenvalue weighted by molar-refractivity contribution is -0.137. The minimum Gasteiger partial charge on any atom is -0.468 e. The Hall–Kier alpha value is -2.54. The van der Waals surface area contributed by atoms with E-state index < -0.39 is 5.54 Å². The normalized spacial score (nSPS) is 11.0. The smallest absolute Gasteiger partial charge is 0.319 e. The van der Waals surface area contributed by atoms with Crippen LogP contribution >= 0.6 is 11.8 Å². The van der Waals surface area contributed by atoms with Crippen LogP contribution in [0.3, 0.4) is 0 Å². The molecule has 2 aromatic carbocycles. The van der Waals surface area contributed by atoms with Crippen molar-refractivity contribution in [3.05, 3.63) is 65.5 Å². The van der Waals surface area contributed by atoms with Gasteiger partial charge in [-0.25, -0.2) is 9.18 Å². The Morgan fingerprint density at radius 1 is 1.15 bits per heavy atom. The van der Waals surface area contributed by atoms with Crippen molar-refractivity contribution in [3.63, 3.8) is 0 Å². The maximum absolute atomic E-state index is 13.1. The van der Waals surface area contributed by atoms with Crippen LogP contribution in [0.25, 0.3) is 0 Å². The highest BCUT2D eigenvalue weighted by molar-refractivity contribution is 7.99. The van der Waals surface area contributed by atoms with Gasteiger partial charge in [0.15, 0.2) is 0 Å². The molecule has 7 heteroatoms. The first-order valence-corrected chi connectivity index (χ1v) is 9.54. The predicted molar refractivity (Wildman–Crippen MR) is 106 cm³/mol. The fraction of sp³-hybridized carbons (Fsp3) is 0.300. The fourth-order valence-electron chi connectivity index (χ4n) is 2.43. The molecular weight excluding hydrogens is 367 g/mol. The van der Waals surface area contributed by atoms with Crippen molar-refractivity contribution < 1.29 is 18.7 Å². The molecule has 2 rings (SSSR count). The topological polar surface area (TPSA) is 67.4 Å². The van der Waals surface area contributed by atoms with E-state index in [4.69, 9.17) is 0 Å². The number of hydrogen-bond donors (Lipinski definition) is 2. The lowest BCUT2D eigenvalue weighted by atomic mass is 9.94. The first-order valence-electron chi connectivity index (χ1n) is 8.39. The number of thioether (sulfide) groups is 1. The molecule has 0 fully saturated rings. The summed E-state index contributed by atoms with van der Waals surface area (Å²) in [4.78, 5) is 23.5. The highest BCUT2D eigenvalue weighted by Crippen LogP contribution is 2.21. The molecule has 144 valence electrons. The molecule has 2 aromatic rings. The van der Waals surface area contributed by atoms with Crippen LogP contribution in [-0.2, 0) is 20.8 Å². The molecule has 0 aliphatic carbocycles. The zero-order valence-corrected chi connectivity index (χ0v) is 16.4. The number of carbonyl (C=O) groups excluding carboxylic acids is 2. The van der Waals surface area contributed by atoms with Crippen molar-refractivity contribution in [3.8, 4) is 0 Å². The summed E-state index contributed by atoms with van der Waals surface area (Å²) in [6.07, 6.45) is 0. The van der Waals surface area contributed by atoms with Crippen molar-refractivity contribution in [2.45, 2.75) is 25.1 Å². The lowest BCUT2D eigenvalue weighted by Crippen LogP contribution is -2.43. The molecule has 0 saturated heterocycles. The number of nitrogens with one attached hydrogen (secondary N) is 2. The van der Waals surface area contributed by atoms with Gasteiger partial charge in [-0.2, -0.15) is 0 Å². The SMILES string of the molecule is COC(=O)CSCc1cccc(NC(=O)NC(C)(C)c2ccc(F)cc2)c1. The Bertz CT molecular complexity index is 794. The van der Waals surface area contributed by atoms with Crippen LogP contribution < -0.4 is 10.6 Å². The second-order valence-electron chi connectivity index (χ2n) is 6.48. The monoisotopic (exact) mass is 390 g/mol. The van der Waals surface area contributed by atoms with E-state index in [0.29, 0.717) is 11.4 Å². The minimum atomic E-state index is -0.661. The minimum absolute atomic E-state index is 0.267. The largest absolute Gasteiger partial charge is 0.468 e. The zero-order chi connectivity index (χ0) is 19.9. The number of benzene rings is 2. The highest BCUT2D eigenvalue weighted by Gasteiger charge is 2.22. The summed E-state index contributed by atoms with van der Waals surface area (Å²) in [5.41, 5.74) is 1.77. The van der Waals surface area contributed by atoms with Crippen LogP contribution in [-0.4, -0.2) is 24.9 Å². The summed E-state index contributed by atoms with van der Waals surface area (Å²) in [5.74, 6) is 0.325. The van der Waals surface area contributed by atoms with Gasteiger partial charge in [0.25, 0.3) is 0 Å². The molecule has 0 heterocycles. The average molecular weight is 390 g/mol. The van der Waals surface area contributed by atoms with Gasteiger partial charge in [-0.05, 0) is 49.2 Å². The van der Waals surface area contributed by atoms with Gasteiger partial charge in [-0.3, -0.25) is 4.79 Å². The van der Waals surface area contributed by atoms with Crippen molar-refractivity contribution in [2.75, 3.05) is 18.2 Å². The number of amides is 2. The van der Waals surface area contributed by atoms with E-state index >= 15 is 0 Å². The number of rotatable bonds is 7. The Kier molecular flexibility index (Phi) is 7.24. The van der Waals surface area contributed by atoms with Crippen LogP contribution in [0.15, 0.2) is 48.5 Å². The van der Waals surface area contributed by atoms with Gasteiger partial charge in [0.1, 0.15) is 5.82 Å². The van der Waals surface area contributed by atoms with Gasteiger partial charge in [-0.1, -0.05) is 24.3 Å². The Labute approximate surface area is 162 Å². The van der Waals surface area contributed by atoms with Crippen LogP contribution in [0, 0.1) is 5.82 Å². The molecule has 2 N–H and O–H groups in total. The summed E-state index contributed by atoms with van der Waals surface area (Å²) in [5, 5.41) is 5.69. The summed E-state index contributed by atoms with van der Waals surface area (Å²) >= 11 is 1.44. The average Bonchev–Trinajstić information content (AvgIpc) is 2.61. The van der Waals surface area contributed by atoms with Crippen LogP contribution in [0.1, 0.15) is 25.0 Å². The summed E-state index contributed by atoms with van der Waals surface area (Å²) in [7, 11) is 1.36. The molecule has 0 spiro atoms. The molecule has 5 nitrogen and oxygen atoms in total. The predicted octanol–water partition coefficient (Wildman–Crippen LogP) is 4.29. The number of anilines is 1. The van der Waals surface area contributed by atoms with E-state index in [-0.39, 0.29) is 23.6 Å². The first kappa shape index (κ1) is 20.8. The number of hydrogen-bond acceptors (Lipinski definition) is 4. The Morgan fingerprint density at radius 2 is 1.85 bits per heavy atom. The van der Waals surface area contributed by atoms with E-state index in [9.17, 15) is 14.0 Å². The maximum atomic E-state index is 13.1. The van der Waals surface area contributed by atoms with Crippen molar-refractivity contribution >= 4 is 29.4 Å². The van der Waals surface area contributed by atoms with Gasteiger partial charge >= 0.3 is 12.0 Å². The van der Waals surface area contributed by atoms with E-state index in [1.54, 1.807) is 18.2 Å². The van der Waals surface area contributed by atoms with Gasteiger partial charge in [-0.15, -0.1) is 11.8 Å². The molecule has 0 atom stereocenters. The first-order chi connectivity index (χ1) is 12.8. The number of halogens is 1. The zero-order valence-electron chi connectivity index (χ0n) is 15.5. The van der Waals surface area contributed by atoms with Gasteiger partial charge in [0.05, 0.1) is 18.4 Å². The number of methoxy groups -OCH3 is 1. The van der Waals surface area contributed by atoms with E-state index in [1.165, 1.54) is 31.0 Å². The molecule has 0 unspecified atom stereocenters. The molecular formula is C20H23FN2O3S. The molecule has 2 amide bonds. The second-order valence-corrected chi connectivity index (χ2v) is 7.47. The van der Waals surface area contributed by atoms with E-state index in [1.807, 2.05) is 32.0 Å². The number of carbonyl (C=O) groups is 2. The van der Waals surface area contributed by atoms with Crippen molar-refractivity contribution in [2.24, 2.45) is 0 Å². The van der Waals surface area contributed by atoms with E-state index in [0.717, 1.165) is 11.1 Å². The highest BCUT2D eigenvalue weighted by atomic mass is 32.2. The third-order valence-corrected chi connectivity index (χ3v) is 4.87. The van der Waals surface area contributed by atoms with Crippen molar-refractivity contribution in [1.29, 1.82) is 0 Å². The second kappa shape index (κ2) is 9.41. The number of ether oxygens (including phenoxy) is 1. The number of esters is 1. The molecule has 0 bridgehead atoms. The molecule has 0 saturated carbocycles. The summed E-state index contributed by atoms with van der Waals surface area (Å²) in [6, 6.07) is 13.1. The summed E-state index contributed by atoms with van der Waals surface area (Å²) < 4.78 is 17.7. The third-order valence-electron chi connectivity index (χ3n) is 3.89. The fourth-order valence-corrected chi connectivity index (χ4v) is 3.24. The third kappa shape index (κ3) is 6.60. The number of urea groups is 1. The Morgan fingerprint density at radius 3 is 2.52 bits per heavy atom. The van der Waals surface area contributed by atoms with Crippen LogP contribution in [0.2, 0.25) is 0 Å². The molecule has 0 radical (unpaired) electrons. The standard InChI is InChI=1S/C20H23FN2O3S/c1-20(2,15-7-9-16(21)10-8-15)23-19(25)22-17-6-4-5-14(11-17)12-27-13-18(24)26-3/h4-11H,12-13H2,1-3H3,(H2,22,23,25). The van der Waals surface area contributed by atoms with Crippen molar-refractivity contribution in [1.82, 2.24) is 5.32 Å². The molecule has 0 aliphatic heterocycles. The maximum Gasteiger partial charge on any atom is 0.319 e.